The summed E-state index contributed by atoms with van der Waals surface area (Å²) in [6.07, 6.45) is 7.37. The number of piperidine rings is 1. The minimum Gasteiger partial charge on any atom is -0.396 e. The molecule has 2 aliphatic rings. The fourth-order valence-corrected chi connectivity index (χ4v) is 3.83. The van der Waals surface area contributed by atoms with Gasteiger partial charge in [0.2, 0.25) is 5.95 Å². The van der Waals surface area contributed by atoms with Crippen molar-refractivity contribution in [1.82, 2.24) is 20.2 Å². The number of aliphatic hydroxyl groups is 1. The minimum atomic E-state index is 0.304. The van der Waals surface area contributed by atoms with Crippen molar-refractivity contribution in [1.29, 1.82) is 0 Å². The molecule has 2 fully saturated rings. The quantitative estimate of drug-likeness (QED) is 0.915. The lowest BCUT2D eigenvalue weighted by Crippen LogP contribution is -2.37. The monoisotopic (exact) mass is 293 g/mol. The van der Waals surface area contributed by atoms with Gasteiger partial charge in [0.15, 0.2) is 0 Å². The van der Waals surface area contributed by atoms with Crippen molar-refractivity contribution in [3.63, 3.8) is 0 Å². The van der Waals surface area contributed by atoms with Crippen LogP contribution in [0.2, 0.25) is 0 Å². The maximum atomic E-state index is 9.24. The summed E-state index contributed by atoms with van der Waals surface area (Å²) in [5, 5.41) is 21.6. The fourth-order valence-electron chi connectivity index (χ4n) is 3.83. The minimum absolute atomic E-state index is 0.304. The Morgan fingerprint density at radius 2 is 1.95 bits per heavy atom. The van der Waals surface area contributed by atoms with Gasteiger partial charge in [-0.2, -0.15) is 0 Å². The number of hydrogen-bond acceptors (Lipinski definition) is 5. The van der Waals surface area contributed by atoms with Gasteiger partial charge in [0, 0.05) is 26.2 Å². The Bertz CT molecular complexity index is 441. The predicted octanol–water partition coefficient (Wildman–Crippen LogP) is 1.71. The predicted molar refractivity (Wildman–Crippen MR) is 81.0 cm³/mol. The molecule has 0 bridgehead atoms. The van der Waals surface area contributed by atoms with E-state index in [4.69, 9.17) is 0 Å². The van der Waals surface area contributed by atoms with Crippen molar-refractivity contribution in [2.24, 2.45) is 17.8 Å². The molecule has 0 spiro atoms. The normalized spacial score (nSPS) is 28.0. The molecule has 1 saturated heterocycles. The zero-order valence-corrected chi connectivity index (χ0v) is 13.0. The second kappa shape index (κ2) is 6.73. The van der Waals surface area contributed by atoms with Gasteiger partial charge < -0.3 is 10.0 Å². The first kappa shape index (κ1) is 14.8. The van der Waals surface area contributed by atoms with E-state index in [1.54, 1.807) is 0 Å². The highest BCUT2D eigenvalue weighted by molar-refractivity contribution is 5.28. The Hall–Kier alpha value is -1.17. The van der Waals surface area contributed by atoms with Crippen LogP contribution in [0.3, 0.4) is 0 Å². The first-order valence-corrected chi connectivity index (χ1v) is 8.38. The molecule has 6 heteroatoms. The van der Waals surface area contributed by atoms with Gasteiger partial charge in [-0.25, -0.2) is 4.68 Å². The molecule has 3 rings (SSSR count). The zero-order valence-electron chi connectivity index (χ0n) is 13.0. The van der Waals surface area contributed by atoms with Crippen LogP contribution in [0.5, 0.6) is 0 Å². The van der Waals surface area contributed by atoms with Crippen LogP contribution in [0.25, 0.3) is 0 Å². The van der Waals surface area contributed by atoms with Crippen LogP contribution in [-0.2, 0) is 6.54 Å². The molecule has 1 aromatic heterocycles. The van der Waals surface area contributed by atoms with Crippen LogP contribution in [0.15, 0.2) is 0 Å². The molecular weight excluding hydrogens is 266 g/mol. The third kappa shape index (κ3) is 3.54. The van der Waals surface area contributed by atoms with Crippen LogP contribution in [0, 0.1) is 17.8 Å². The Labute approximate surface area is 126 Å². The molecule has 0 aromatic carbocycles. The maximum Gasteiger partial charge on any atom is 0.245 e. The molecule has 2 unspecified atom stereocenters. The van der Waals surface area contributed by atoms with Crippen molar-refractivity contribution < 1.29 is 5.11 Å². The number of aromatic nitrogens is 4. The molecular formula is C15H27N5O. The molecule has 2 atom stereocenters. The highest BCUT2D eigenvalue weighted by Crippen LogP contribution is 2.30. The first-order chi connectivity index (χ1) is 10.3. The summed E-state index contributed by atoms with van der Waals surface area (Å²) in [7, 11) is 0. The maximum absolute atomic E-state index is 9.24. The Kier molecular flexibility index (Phi) is 4.73. The van der Waals surface area contributed by atoms with Crippen LogP contribution in [-0.4, -0.2) is 45.0 Å². The summed E-state index contributed by atoms with van der Waals surface area (Å²) in [6.45, 7) is 5.51. The summed E-state index contributed by atoms with van der Waals surface area (Å²) in [5.74, 6) is 2.92. The Morgan fingerprint density at radius 1 is 1.14 bits per heavy atom. The van der Waals surface area contributed by atoms with E-state index in [-0.39, 0.29) is 0 Å². The molecule has 1 aliphatic heterocycles. The Balaban J connectivity index is 1.61. The smallest absolute Gasteiger partial charge is 0.245 e. The standard InChI is InChI=1S/C15H27N5O/c1-12-3-2-4-14(9-12)10-20-15(16-17-18-20)19-7-5-13(11-21)6-8-19/h12-14,21H,2-11H2,1H3. The molecule has 21 heavy (non-hydrogen) atoms. The SMILES string of the molecule is CC1CCCC(Cn2nnnc2N2CCC(CO)CC2)C1. The average molecular weight is 293 g/mol. The molecule has 0 radical (unpaired) electrons. The molecule has 0 amide bonds. The number of aliphatic hydroxyl groups excluding tert-OH is 1. The number of rotatable bonds is 4. The highest BCUT2D eigenvalue weighted by Gasteiger charge is 2.25. The van der Waals surface area contributed by atoms with E-state index in [0.29, 0.717) is 18.4 Å². The van der Waals surface area contributed by atoms with Gasteiger partial charge in [-0.15, -0.1) is 0 Å². The summed E-state index contributed by atoms with van der Waals surface area (Å²) >= 11 is 0. The van der Waals surface area contributed by atoms with Crippen molar-refractivity contribution in [3.8, 4) is 0 Å². The van der Waals surface area contributed by atoms with Crippen molar-refractivity contribution in [2.45, 2.75) is 52.0 Å². The molecule has 2 heterocycles. The molecule has 1 aromatic rings. The van der Waals surface area contributed by atoms with Gasteiger partial charge in [0.25, 0.3) is 0 Å². The molecule has 1 N–H and O–H groups in total. The second-order valence-corrected chi connectivity index (χ2v) is 6.91. The number of anilines is 1. The van der Waals surface area contributed by atoms with Gasteiger partial charge >= 0.3 is 0 Å². The summed E-state index contributed by atoms with van der Waals surface area (Å²) in [4.78, 5) is 2.28. The van der Waals surface area contributed by atoms with Crippen LogP contribution < -0.4 is 4.90 Å². The van der Waals surface area contributed by atoms with E-state index in [0.717, 1.165) is 44.3 Å². The van der Waals surface area contributed by atoms with E-state index in [2.05, 4.69) is 27.3 Å². The summed E-state index contributed by atoms with van der Waals surface area (Å²) in [6, 6.07) is 0. The van der Waals surface area contributed by atoms with E-state index < -0.39 is 0 Å². The second-order valence-electron chi connectivity index (χ2n) is 6.91. The molecule has 1 saturated carbocycles. The van der Waals surface area contributed by atoms with E-state index in [1.807, 2.05) is 4.68 Å². The van der Waals surface area contributed by atoms with Crippen molar-refractivity contribution in [2.75, 3.05) is 24.6 Å². The lowest BCUT2D eigenvalue weighted by Gasteiger charge is -2.32. The first-order valence-electron chi connectivity index (χ1n) is 8.38. The molecule has 118 valence electrons. The van der Waals surface area contributed by atoms with E-state index in [9.17, 15) is 5.11 Å². The lowest BCUT2D eigenvalue weighted by molar-refractivity contribution is 0.201. The van der Waals surface area contributed by atoms with Crippen LogP contribution in [0.1, 0.15) is 45.4 Å². The van der Waals surface area contributed by atoms with Gasteiger partial charge in [-0.3, -0.25) is 0 Å². The summed E-state index contributed by atoms with van der Waals surface area (Å²) < 4.78 is 2.00. The van der Waals surface area contributed by atoms with Gasteiger partial charge in [0.1, 0.15) is 0 Å². The number of tetrazole rings is 1. The van der Waals surface area contributed by atoms with E-state index in [1.165, 1.54) is 25.7 Å². The lowest BCUT2D eigenvalue weighted by atomic mass is 9.82. The zero-order chi connectivity index (χ0) is 14.7. The van der Waals surface area contributed by atoms with E-state index >= 15 is 0 Å². The topological polar surface area (TPSA) is 67.1 Å². The third-order valence-corrected chi connectivity index (χ3v) is 5.14. The largest absolute Gasteiger partial charge is 0.396 e. The Morgan fingerprint density at radius 3 is 2.67 bits per heavy atom. The van der Waals surface area contributed by atoms with Gasteiger partial charge in [0.05, 0.1) is 0 Å². The number of nitrogens with zero attached hydrogens (tertiary/aromatic N) is 5. The molecule has 1 aliphatic carbocycles. The molecule has 6 nitrogen and oxygen atoms in total. The average Bonchev–Trinajstić information content (AvgIpc) is 2.95. The van der Waals surface area contributed by atoms with Crippen molar-refractivity contribution in [3.05, 3.63) is 0 Å². The summed E-state index contributed by atoms with van der Waals surface area (Å²) in [5.41, 5.74) is 0. The van der Waals surface area contributed by atoms with Crippen LogP contribution in [0.4, 0.5) is 5.95 Å². The van der Waals surface area contributed by atoms with Crippen molar-refractivity contribution >= 4 is 5.95 Å². The number of hydrogen-bond donors (Lipinski definition) is 1. The third-order valence-electron chi connectivity index (χ3n) is 5.14. The van der Waals surface area contributed by atoms with Gasteiger partial charge in [-0.05, 0) is 53.9 Å². The highest BCUT2D eigenvalue weighted by atomic mass is 16.3. The van der Waals surface area contributed by atoms with Gasteiger partial charge in [-0.1, -0.05) is 24.9 Å². The van der Waals surface area contributed by atoms with Crippen LogP contribution >= 0.6 is 0 Å². The fraction of sp³-hybridized carbons (Fsp3) is 0.933.